The summed E-state index contributed by atoms with van der Waals surface area (Å²) >= 11 is 0. The lowest BCUT2D eigenvalue weighted by molar-refractivity contribution is -0.148. The van der Waals surface area contributed by atoms with Gasteiger partial charge < -0.3 is 14.2 Å². The molecule has 0 aromatic heterocycles. The summed E-state index contributed by atoms with van der Waals surface area (Å²) in [6, 6.07) is 0. The molecule has 0 aliphatic rings. The molecule has 0 aromatic rings. The first-order valence-corrected chi connectivity index (χ1v) is 10.9. The third-order valence-corrected chi connectivity index (χ3v) is 3.74. The fourth-order valence-corrected chi connectivity index (χ4v) is 2.48. The summed E-state index contributed by atoms with van der Waals surface area (Å²) in [7, 11) is 0. The van der Waals surface area contributed by atoms with Crippen molar-refractivity contribution < 1.29 is 23.8 Å². The van der Waals surface area contributed by atoms with E-state index < -0.39 is 17.4 Å². The van der Waals surface area contributed by atoms with Crippen LogP contribution in [-0.2, 0) is 19.0 Å². The van der Waals surface area contributed by atoms with E-state index in [1.807, 2.05) is 47.6 Å². The molecule has 0 aliphatic carbocycles. The van der Waals surface area contributed by atoms with Gasteiger partial charge in [0.15, 0.2) is 0 Å². The van der Waals surface area contributed by atoms with Gasteiger partial charge in [-0.1, -0.05) is 38.3 Å². The molecule has 0 fully saturated rings. The topological polar surface area (TPSA) is 61.8 Å². The summed E-state index contributed by atoms with van der Waals surface area (Å²) in [5, 5.41) is 0. The Labute approximate surface area is 177 Å². The highest BCUT2D eigenvalue weighted by Crippen LogP contribution is 2.15. The number of rotatable bonds is 12. The fraction of sp³-hybridized carbons (Fsp3) is 0.750. The number of ether oxygens (including phenoxy) is 3. The van der Waals surface area contributed by atoms with E-state index in [0.717, 1.165) is 44.1 Å². The van der Waals surface area contributed by atoms with E-state index in [0.29, 0.717) is 6.61 Å². The van der Waals surface area contributed by atoms with Crippen molar-refractivity contribution in [3.8, 4) is 0 Å². The van der Waals surface area contributed by atoms with E-state index in [1.165, 1.54) is 12.8 Å². The normalized spacial score (nSPS) is 12.9. The molecule has 5 heteroatoms. The molecule has 0 spiro atoms. The van der Waals surface area contributed by atoms with Gasteiger partial charge in [-0.25, -0.2) is 9.59 Å². The molecule has 0 saturated heterocycles. The molecule has 0 unspecified atom stereocenters. The number of hydrogen-bond donors (Lipinski definition) is 0. The van der Waals surface area contributed by atoms with Gasteiger partial charge in [-0.3, -0.25) is 0 Å². The van der Waals surface area contributed by atoms with Crippen LogP contribution in [0.3, 0.4) is 0 Å². The van der Waals surface area contributed by atoms with Gasteiger partial charge in [0, 0.05) is 6.08 Å². The van der Waals surface area contributed by atoms with E-state index in [2.05, 4.69) is 13.0 Å². The van der Waals surface area contributed by atoms with Crippen LogP contribution in [0.4, 0.5) is 4.79 Å². The van der Waals surface area contributed by atoms with Crippen molar-refractivity contribution in [3.05, 3.63) is 23.8 Å². The van der Waals surface area contributed by atoms with Crippen molar-refractivity contribution >= 4 is 12.1 Å². The first-order chi connectivity index (χ1) is 13.4. The molecule has 0 radical (unpaired) electrons. The molecule has 5 nitrogen and oxygen atoms in total. The Morgan fingerprint density at radius 2 is 1.48 bits per heavy atom. The van der Waals surface area contributed by atoms with Gasteiger partial charge in [0.25, 0.3) is 0 Å². The minimum absolute atomic E-state index is 0.293. The summed E-state index contributed by atoms with van der Waals surface area (Å²) < 4.78 is 15.6. The van der Waals surface area contributed by atoms with Gasteiger partial charge in [-0.2, -0.15) is 0 Å². The Morgan fingerprint density at radius 3 is 2.07 bits per heavy atom. The van der Waals surface area contributed by atoms with Crippen LogP contribution >= 0.6 is 0 Å². The fourth-order valence-electron chi connectivity index (χ4n) is 2.48. The average molecular weight is 411 g/mol. The summed E-state index contributed by atoms with van der Waals surface area (Å²) in [5.41, 5.74) is -0.0209. The molecule has 0 rings (SSSR count). The summed E-state index contributed by atoms with van der Waals surface area (Å²) in [4.78, 5) is 23.6. The Morgan fingerprint density at radius 1 is 0.828 bits per heavy atom. The number of carbonyl (C=O) groups excluding carboxylic acids is 2. The Kier molecular flexibility index (Phi) is 13.4. The first-order valence-electron chi connectivity index (χ1n) is 10.9. The number of hydrogen-bond acceptors (Lipinski definition) is 5. The third-order valence-electron chi connectivity index (χ3n) is 3.74. The standard InChI is InChI=1S/C24H42O5/c1-8-9-10-13-16-20(19-21(25)28-23(2,3)4)17-14-11-12-15-18-27-22(26)29-24(5,6)7/h14,17,19H,8-13,15-16,18H2,1-7H3/b17-14+,20-19+. The molecule has 0 saturated carbocycles. The number of allylic oxidation sites excluding steroid dienone is 3. The number of esters is 1. The van der Waals surface area contributed by atoms with Gasteiger partial charge in [0.1, 0.15) is 11.2 Å². The van der Waals surface area contributed by atoms with E-state index in [9.17, 15) is 9.59 Å². The SMILES string of the molecule is CCCCCCC(/C=C/CCCCOC(=O)OC(C)(C)C)=C\C(=O)OC(C)(C)C. The van der Waals surface area contributed by atoms with Crippen molar-refractivity contribution in [1.82, 2.24) is 0 Å². The van der Waals surface area contributed by atoms with Crippen LogP contribution in [0.15, 0.2) is 23.8 Å². The lowest BCUT2D eigenvalue weighted by atomic mass is 10.0. The second kappa shape index (κ2) is 14.2. The van der Waals surface area contributed by atoms with Crippen molar-refractivity contribution in [2.24, 2.45) is 0 Å². The van der Waals surface area contributed by atoms with Crippen LogP contribution in [0.1, 0.15) is 99.8 Å². The highest BCUT2D eigenvalue weighted by Gasteiger charge is 2.17. The molecular weight excluding hydrogens is 368 g/mol. The molecule has 29 heavy (non-hydrogen) atoms. The molecule has 0 amide bonds. The van der Waals surface area contributed by atoms with Gasteiger partial charge in [0.2, 0.25) is 0 Å². The van der Waals surface area contributed by atoms with Crippen molar-refractivity contribution in [3.63, 3.8) is 0 Å². The van der Waals surface area contributed by atoms with Crippen molar-refractivity contribution in [1.29, 1.82) is 0 Å². The minimum atomic E-state index is -0.622. The maximum absolute atomic E-state index is 12.1. The van der Waals surface area contributed by atoms with Crippen molar-refractivity contribution in [2.45, 2.75) is 111 Å². The van der Waals surface area contributed by atoms with Crippen LogP contribution in [0.5, 0.6) is 0 Å². The highest BCUT2D eigenvalue weighted by atomic mass is 16.7. The summed E-state index contributed by atoms with van der Waals surface area (Å²) in [5.74, 6) is -0.293. The monoisotopic (exact) mass is 410 g/mol. The lowest BCUT2D eigenvalue weighted by Gasteiger charge is -2.18. The van der Waals surface area contributed by atoms with Crippen molar-refractivity contribution in [2.75, 3.05) is 6.61 Å². The zero-order valence-electron chi connectivity index (χ0n) is 19.6. The van der Waals surface area contributed by atoms with E-state index in [4.69, 9.17) is 14.2 Å². The number of unbranched alkanes of at least 4 members (excludes halogenated alkanes) is 5. The van der Waals surface area contributed by atoms with Gasteiger partial charge in [-0.15, -0.1) is 0 Å². The smallest absolute Gasteiger partial charge is 0.457 e. The molecule has 0 aromatic carbocycles. The largest absolute Gasteiger partial charge is 0.508 e. The van der Waals surface area contributed by atoms with E-state index >= 15 is 0 Å². The van der Waals surface area contributed by atoms with E-state index in [-0.39, 0.29) is 5.97 Å². The Bertz CT molecular complexity index is 532. The van der Waals surface area contributed by atoms with Crippen LogP contribution in [0.2, 0.25) is 0 Å². The maximum atomic E-state index is 12.1. The second-order valence-electron chi connectivity index (χ2n) is 9.27. The second-order valence-corrected chi connectivity index (χ2v) is 9.27. The molecule has 0 N–H and O–H groups in total. The lowest BCUT2D eigenvalue weighted by Crippen LogP contribution is -2.24. The maximum Gasteiger partial charge on any atom is 0.508 e. The molecule has 0 aliphatic heterocycles. The first kappa shape index (κ1) is 27.2. The molecular formula is C24H42O5. The van der Waals surface area contributed by atoms with Crippen LogP contribution in [0.25, 0.3) is 0 Å². The van der Waals surface area contributed by atoms with Crippen LogP contribution < -0.4 is 0 Å². The molecule has 0 bridgehead atoms. The van der Waals surface area contributed by atoms with Gasteiger partial charge >= 0.3 is 12.1 Å². The summed E-state index contributed by atoms with van der Waals surface area (Å²) in [6.45, 7) is 13.6. The van der Waals surface area contributed by atoms with Crippen LogP contribution in [-0.4, -0.2) is 29.9 Å². The zero-order chi connectivity index (χ0) is 22.3. The number of carbonyl (C=O) groups is 2. The predicted octanol–water partition coefficient (Wildman–Crippen LogP) is 6.90. The zero-order valence-corrected chi connectivity index (χ0v) is 19.6. The van der Waals surface area contributed by atoms with E-state index in [1.54, 1.807) is 6.08 Å². The Balaban J connectivity index is 4.38. The van der Waals surface area contributed by atoms with Gasteiger partial charge in [0.05, 0.1) is 6.61 Å². The third kappa shape index (κ3) is 19.3. The minimum Gasteiger partial charge on any atom is -0.457 e. The molecule has 0 heterocycles. The molecule has 168 valence electrons. The average Bonchev–Trinajstić information content (AvgIpc) is 2.54. The quantitative estimate of drug-likeness (QED) is 0.151. The molecule has 0 atom stereocenters. The van der Waals surface area contributed by atoms with Gasteiger partial charge in [-0.05, 0) is 79.2 Å². The Hall–Kier alpha value is -1.78. The van der Waals surface area contributed by atoms with Crippen LogP contribution in [0, 0.1) is 0 Å². The predicted molar refractivity (Wildman–Crippen MR) is 118 cm³/mol. The summed E-state index contributed by atoms with van der Waals surface area (Å²) in [6.07, 6.45) is 13.1. The highest BCUT2D eigenvalue weighted by molar-refractivity contribution is 5.83.